The molecular formula is C17H23N3O3S. The zero-order valence-electron chi connectivity index (χ0n) is 14.2. The maximum atomic E-state index is 12.8. The number of carbonyl (C=O) groups is 1. The molecule has 1 N–H and O–H groups in total. The van der Waals surface area contributed by atoms with Crippen LogP contribution in [0.2, 0.25) is 0 Å². The van der Waals surface area contributed by atoms with Crippen molar-refractivity contribution in [2.45, 2.75) is 44.6 Å². The van der Waals surface area contributed by atoms with Crippen LogP contribution in [-0.4, -0.2) is 38.4 Å². The van der Waals surface area contributed by atoms with Crippen LogP contribution in [0, 0.1) is 16.7 Å². The Bertz CT molecular complexity index is 748. The number of nitriles is 1. The fraction of sp³-hybridized carbons (Fsp3) is 0.529. The van der Waals surface area contributed by atoms with Crippen molar-refractivity contribution in [2.24, 2.45) is 5.41 Å². The second kappa shape index (κ2) is 6.91. The molecule has 0 radical (unpaired) electrons. The third kappa shape index (κ3) is 3.60. The molecular weight excluding hydrogens is 326 g/mol. The quantitative estimate of drug-likeness (QED) is 0.901. The molecule has 24 heavy (non-hydrogen) atoms. The zero-order valence-corrected chi connectivity index (χ0v) is 15.1. The van der Waals surface area contributed by atoms with E-state index in [1.165, 1.54) is 24.3 Å². The number of carbonyl (C=O) groups excluding carboxylic acids is 1. The first kappa shape index (κ1) is 18.4. The van der Waals surface area contributed by atoms with Crippen molar-refractivity contribution in [3.63, 3.8) is 0 Å². The van der Waals surface area contributed by atoms with Crippen molar-refractivity contribution in [3.05, 3.63) is 29.8 Å². The Hall–Kier alpha value is -1.91. The summed E-state index contributed by atoms with van der Waals surface area (Å²) in [4.78, 5) is 14.5. The highest BCUT2D eigenvalue weighted by Crippen LogP contribution is 2.35. The Labute approximate surface area is 143 Å². The van der Waals surface area contributed by atoms with Crippen LogP contribution in [-0.2, 0) is 10.0 Å². The van der Waals surface area contributed by atoms with Crippen LogP contribution in [0.15, 0.2) is 29.2 Å². The molecule has 0 spiro atoms. The van der Waals surface area contributed by atoms with Gasteiger partial charge in [0.2, 0.25) is 10.0 Å². The Morgan fingerprint density at radius 3 is 2.54 bits per heavy atom. The molecule has 1 aromatic rings. The lowest BCUT2D eigenvalue weighted by atomic mass is 9.77. The van der Waals surface area contributed by atoms with E-state index in [4.69, 9.17) is 0 Å². The molecule has 2 rings (SSSR count). The van der Waals surface area contributed by atoms with Gasteiger partial charge in [0, 0.05) is 18.7 Å². The van der Waals surface area contributed by atoms with Crippen LogP contribution in [0.3, 0.4) is 0 Å². The molecule has 0 aromatic heterocycles. The summed E-state index contributed by atoms with van der Waals surface area (Å²) < 4.78 is 26.3. The first-order valence-corrected chi connectivity index (χ1v) is 9.51. The van der Waals surface area contributed by atoms with E-state index in [0.29, 0.717) is 18.7 Å². The van der Waals surface area contributed by atoms with Crippen LogP contribution in [0.25, 0.3) is 0 Å². The molecule has 0 aliphatic carbocycles. The van der Waals surface area contributed by atoms with Gasteiger partial charge in [0.15, 0.2) is 0 Å². The fourth-order valence-corrected chi connectivity index (χ4v) is 4.11. The smallest absolute Gasteiger partial charge is 0.254 e. The minimum atomic E-state index is -3.54. The minimum Gasteiger partial charge on any atom is -0.322 e. The molecule has 1 amide bonds. The number of likely N-dealkylation sites (tertiary alicyclic amines) is 1. The molecule has 1 aliphatic heterocycles. The number of amides is 1. The van der Waals surface area contributed by atoms with E-state index in [0.717, 1.165) is 12.8 Å². The highest BCUT2D eigenvalue weighted by Gasteiger charge is 2.40. The maximum absolute atomic E-state index is 12.8. The van der Waals surface area contributed by atoms with Gasteiger partial charge in [-0.15, -0.1) is 0 Å². The van der Waals surface area contributed by atoms with Crippen LogP contribution >= 0.6 is 0 Å². The van der Waals surface area contributed by atoms with Crippen LogP contribution in [0.4, 0.5) is 0 Å². The van der Waals surface area contributed by atoms with Crippen molar-refractivity contribution in [3.8, 4) is 6.07 Å². The Morgan fingerprint density at radius 1 is 1.38 bits per heavy atom. The van der Waals surface area contributed by atoms with Gasteiger partial charge >= 0.3 is 0 Å². The maximum Gasteiger partial charge on any atom is 0.254 e. The monoisotopic (exact) mass is 349 g/mol. The van der Waals surface area contributed by atoms with Crippen molar-refractivity contribution >= 4 is 15.9 Å². The second-order valence-electron chi connectivity index (χ2n) is 6.65. The molecule has 1 atom stereocenters. The molecule has 6 nitrogen and oxygen atoms in total. The Morgan fingerprint density at radius 2 is 2.00 bits per heavy atom. The number of nitrogens with zero attached hydrogens (tertiary/aromatic N) is 2. The second-order valence-corrected chi connectivity index (χ2v) is 8.41. The van der Waals surface area contributed by atoms with Gasteiger partial charge in [-0.3, -0.25) is 4.79 Å². The van der Waals surface area contributed by atoms with Gasteiger partial charge in [-0.05, 0) is 42.5 Å². The van der Waals surface area contributed by atoms with Crippen molar-refractivity contribution in [1.82, 2.24) is 9.62 Å². The lowest BCUT2D eigenvalue weighted by molar-refractivity contribution is 0.0438. The van der Waals surface area contributed by atoms with E-state index in [-0.39, 0.29) is 16.2 Å². The first-order chi connectivity index (χ1) is 11.2. The van der Waals surface area contributed by atoms with Crippen molar-refractivity contribution < 1.29 is 13.2 Å². The number of hydrogen-bond acceptors (Lipinski definition) is 4. The van der Waals surface area contributed by atoms with Gasteiger partial charge in [-0.25, -0.2) is 13.1 Å². The molecule has 0 saturated carbocycles. The third-order valence-electron chi connectivity index (χ3n) is 4.40. The summed E-state index contributed by atoms with van der Waals surface area (Å²) in [5.74, 6) is -0.235. The molecule has 130 valence electrons. The van der Waals surface area contributed by atoms with Crippen molar-refractivity contribution in [2.75, 3.05) is 13.1 Å². The predicted molar refractivity (Wildman–Crippen MR) is 90.8 cm³/mol. The summed E-state index contributed by atoms with van der Waals surface area (Å²) in [7, 11) is -3.54. The molecule has 1 aromatic carbocycles. The van der Waals surface area contributed by atoms with E-state index in [1.54, 1.807) is 11.8 Å². The lowest BCUT2D eigenvalue weighted by Gasteiger charge is -2.42. The summed E-state index contributed by atoms with van der Waals surface area (Å²) in [5, 5.41) is 9.47. The van der Waals surface area contributed by atoms with E-state index in [2.05, 4.69) is 10.8 Å². The molecule has 0 bridgehead atoms. The standard InChI is InChI=1S/C17H23N3O3S/c1-4-19-24(22,23)14-8-6-13(7-9-14)16(21)20-11-5-10-17(2,3)15(20)12-18/h6-9,15,19H,4-5,10-11H2,1-3H3. The number of benzene rings is 1. The molecule has 7 heteroatoms. The van der Waals surface area contributed by atoms with Gasteiger partial charge in [0.1, 0.15) is 6.04 Å². The Kier molecular flexibility index (Phi) is 5.31. The SMILES string of the molecule is CCNS(=O)(=O)c1ccc(C(=O)N2CCCC(C)(C)C2C#N)cc1. The number of hydrogen-bond donors (Lipinski definition) is 1. The summed E-state index contributed by atoms with van der Waals surface area (Å²) >= 11 is 0. The average molecular weight is 349 g/mol. The van der Waals surface area contributed by atoms with Crippen LogP contribution in [0.1, 0.15) is 44.0 Å². The first-order valence-electron chi connectivity index (χ1n) is 8.03. The van der Waals surface area contributed by atoms with Gasteiger partial charge in [0.25, 0.3) is 5.91 Å². The van der Waals surface area contributed by atoms with Gasteiger partial charge in [-0.2, -0.15) is 5.26 Å². The van der Waals surface area contributed by atoms with E-state index >= 15 is 0 Å². The fourth-order valence-electron chi connectivity index (χ4n) is 3.07. The summed E-state index contributed by atoms with van der Waals surface area (Å²) in [6, 6.07) is 7.61. The van der Waals surface area contributed by atoms with Gasteiger partial charge < -0.3 is 4.90 Å². The number of rotatable bonds is 4. The number of sulfonamides is 1. The lowest BCUT2D eigenvalue weighted by Crippen LogP contribution is -2.51. The van der Waals surface area contributed by atoms with E-state index in [9.17, 15) is 18.5 Å². The van der Waals surface area contributed by atoms with Gasteiger partial charge in [-0.1, -0.05) is 20.8 Å². The van der Waals surface area contributed by atoms with E-state index in [1.807, 2.05) is 13.8 Å². The number of nitrogens with one attached hydrogen (secondary N) is 1. The molecule has 1 heterocycles. The average Bonchev–Trinajstić information content (AvgIpc) is 2.53. The third-order valence-corrected chi connectivity index (χ3v) is 5.96. The largest absolute Gasteiger partial charge is 0.322 e. The van der Waals surface area contributed by atoms with Crippen LogP contribution in [0.5, 0.6) is 0 Å². The van der Waals surface area contributed by atoms with Crippen molar-refractivity contribution in [1.29, 1.82) is 5.26 Å². The molecule has 1 saturated heterocycles. The molecule has 1 aliphatic rings. The number of piperidine rings is 1. The normalized spacial score (nSPS) is 20.4. The topological polar surface area (TPSA) is 90.3 Å². The zero-order chi connectivity index (χ0) is 18.0. The Balaban J connectivity index is 2.26. The highest BCUT2D eigenvalue weighted by molar-refractivity contribution is 7.89. The summed E-state index contributed by atoms with van der Waals surface area (Å²) in [6.45, 7) is 6.53. The van der Waals surface area contributed by atoms with E-state index < -0.39 is 16.1 Å². The molecule has 1 fully saturated rings. The minimum absolute atomic E-state index is 0.122. The summed E-state index contributed by atoms with van der Waals surface area (Å²) in [5.41, 5.74) is 0.139. The highest BCUT2D eigenvalue weighted by atomic mass is 32.2. The predicted octanol–water partition coefficient (Wildman–Crippen LogP) is 2.14. The van der Waals surface area contributed by atoms with Crippen LogP contribution < -0.4 is 4.72 Å². The molecule has 1 unspecified atom stereocenters. The van der Waals surface area contributed by atoms with Gasteiger partial charge in [0.05, 0.1) is 11.0 Å². The summed E-state index contributed by atoms with van der Waals surface area (Å²) in [6.07, 6.45) is 1.75.